The third-order valence-electron chi connectivity index (χ3n) is 11.7. The van der Waals surface area contributed by atoms with E-state index in [1.165, 1.54) is 37.2 Å². The molecule has 54 heavy (non-hydrogen) atoms. The molecule has 3 heterocycles. The Kier molecular flexibility index (Phi) is 7.97. The molecule has 0 saturated carbocycles. The van der Waals surface area contributed by atoms with E-state index in [9.17, 15) is 15.3 Å². The highest BCUT2D eigenvalue weighted by molar-refractivity contribution is 7.33. The number of rotatable bonds is 2. The van der Waals surface area contributed by atoms with Gasteiger partial charge in [0.2, 0.25) is 5.75 Å². The Balaban J connectivity index is 1.53. The lowest BCUT2D eigenvalue weighted by molar-refractivity contribution is 0.371. The number of anilines is 6. The largest absolute Gasteiger partial charge is 0.505 e. The minimum Gasteiger partial charge on any atom is -0.505 e. The molecule has 0 fully saturated rings. The van der Waals surface area contributed by atoms with Gasteiger partial charge in [-0.3, -0.25) is 0 Å². The molecule has 2 aliphatic rings. The van der Waals surface area contributed by atoms with Crippen LogP contribution < -0.4 is 36.4 Å². The zero-order valence-electron chi connectivity index (χ0n) is 33.6. The van der Waals surface area contributed by atoms with E-state index in [2.05, 4.69) is 152 Å². The summed E-state index contributed by atoms with van der Waals surface area (Å²) in [6.07, 6.45) is 0. The lowest BCUT2D eigenvalue weighted by atomic mass is 9.36. The van der Waals surface area contributed by atoms with Gasteiger partial charge in [0.1, 0.15) is 15.7 Å². The van der Waals surface area contributed by atoms with E-state index < -0.39 is 5.75 Å². The van der Waals surface area contributed by atoms with Crippen LogP contribution in [0.2, 0.25) is 0 Å². The van der Waals surface area contributed by atoms with Crippen LogP contribution >= 0.6 is 11.3 Å². The summed E-state index contributed by atoms with van der Waals surface area (Å²) in [5, 5.41) is 34.9. The fourth-order valence-electron chi connectivity index (χ4n) is 8.38. The topological polar surface area (TPSA) is 67.2 Å². The van der Waals surface area contributed by atoms with E-state index in [0.29, 0.717) is 16.6 Å². The molecule has 272 valence electrons. The smallest absolute Gasteiger partial charge is 0.264 e. The fraction of sp³-hybridized carbons (Fsp3) is 0.289. The Bertz CT molecular complexity index is 2510. The van der Waals surface area contributed by atoms with Crippen molar-refractivity contribution in [3.63, 3.8) is 0 Å². The molecule has 0 spiro atoms. The molecule has 0 bridgehead atoms. The first-order chi connectivity index (χ1) is 25.2. The Morgan fingerprint density at radius 2 is 1.13 bits per heavy atom. The Hall–Kier alpha value is -4.75. The molecule has 0 atom stereocenters. The minimum absolute atomic E-state index is 0.0124. The zero-order chi connectivity index (χ0) is 39.0. The molecule has 5 aromatic carbocycles. The number of fused-ring (bicyclic) bond motifs is 6. The maximum atomic E-state index is 11.8. The average molecular weight is 730 g/mol. The van der Waals surface area contributed by atoms with Crippen LogP contribution in [0.1, 0.15) is 84.6 Å². The van der Waals surface area contributed by atoms with Crippen LogP contribution in [-0.2, 0) is 16.2 Å². The van der Waals surface area contributed by atoms with E-state index in [-0.39, 0.29) is 34.5 Å². The zero-order valence-corrected chi connectivity index (χ0v) is 34.5. The second kappa shape index (κ2) is 11.9. The normalized spacial score (nSPS) is 14.0. The lowest BCUT2D eigenvalue weighted by Crippen LogP contribution is -2.61. The number of thiophene rings is 1. The van der Waals surface area contributed by atoms with Gasteiger partial charge < -0.3 is 25.1 Å². The second-order valence-corrected chi connectivity index (χ2v) is 19.6. The molecule has 0 amide bonds. The molecule has 0 radical (unpaired) electrons. The van der Waals surface area contributed by atoms with Gasteiger partial charge in [-0.15, -0.1) is 11.3 Å². The highest BCUT2D eigenvalue weighted by atomic mass is 32.1. The molecular weight excluding hydrogens is 681 g/mol. The quantitative estimate of drug-likeness (QED) is 0.135. The summed E-state index contributed by atoms with van der Waals surface area (Å²) in [4.78, 5) is 4.59. The number of benzene rings is 5. The van der Waals surface area contributed by atoms with Crippen molar-refractivity contribution in [3.8, 4) is 17.2 Å². The van der Waals surface area contributed by atoms with E-state index in [4.69, 9.17) is 0 Å². The third-order valence-corrected chi connectivity index (χ3v) is 12.9. The molecule has 2 aliphatic heterocycles. The van der Waals surface area contributed by atoms with Crippen molar-refractivity contribution in [2.24, 2.45) is 0 Å². The van der Waals surface area contributed by atoms with Crippen molar-refractivity contribution in [2.45, 2.75) is 85.5 Å². The number of aromatic hydroxyl groups is 3. The lowest BCUT2D eigenvalue weighted by Gasteiger charge is -2.44. The second-order valence-electron chi connectivity index (χ2n) is 18.6. The van der Waals surface area contributed by atoms with Crippen LogP contribution in [0.4, 0.5) is 34.1 Å². The van der Waals surface area contributed by atoms with E-state index in [0.717, 1.165) is 39.2 Å². The minimum atomic E-state index is -0.508. The number of nitrogens with zero attached hydrogens (tertiary/aromatic N) is 2. The summed E-state index contributed by atoms with van der Waals surface area (Å²) >= 11 is 1.87. The van der Waals surface area contributed by atoms with Crippen LogP contribution in [0.5, 0.6) is 17.2 Å². The third kappa shape index (κ3) is 5.37. The van der Waals surface area contributed by atoms with Crippen LogP contribution in [0.15, 0.2) is 72.8 Å². The molecule has 5 nitrogen and oxygen atoms in total. The number of hydrogen-bond acceptors (Lipinski definition) is 6. The molecule has 1 aromatic heterocycles. The van der Waals surface area contributed by atoms with Gasteiger partial charge in [0.25, 0.3) is 6.71 Å². The molecular formula is C45H49B3N2O3S. The van der Waals surface area contributed by atoms with Crippen molar-refractivity contribution in [2.75, 3.05) is 9.80 Å². The highest BCUT2D eigenvalue weighted by Gasteiger charge is 2.46. The first kappa shape index (κ1) is 36.2. The van der Waals surface area contributed by atoms with Crippen molar-refractivity contribution in [1.29, 1.82) is 0 Å². The Morgan fingerprint density at radius 1 is 0.574 bits per heavy atom. The predicted octanol–water partition coefficient (Wildman–Crippen LogP) is 6.82. The van der Waals surface area contributed by atoms with Crippen LogP contribution in [0.25, 0.3) is 10.1 Å². The van der Waals surface area contributed by atoms with Gasteiger partial charge in [0, 0.05) is 37.6 Å². The summed E-state index contributed by atoms with van der Waals surface area (Å²) in [5.74, 6) is -1.14. The van der Waals surface area contributed by atoms with Gasteiger partial charge in [-0.2, -0.15) is 0 Å². The summed E-state index contributed by atoms with van der Waals surface area (Å²) in [6, 6.07) is 27.3. The maximum absolute atomic E-state index is 11.8. The van der Waals surface area contributed by atoms with Crippen molar-refractivity contribution >= 4 is 105 Å². The van der Waals surface area contributed by atoms with Crippen molar-refractivity contribution < 1.29 is 15.3 Å². The van der Waals surface area contributed by atoms with E-state index in [1.807, 2.05) is 19.2 Å². The molecule has 6 aromatic rings. The van der Waals surface area contributed by atoms with Gasteiger partial charge in [0.05, 0.1) is 11.4 Å². The summed E-state index contributed by atoms with van der Waals surface area (Å²) in [6.45, 7) is 22.4. The number of phenolic OH excluding ortho intramolecular Hbond substituents is 3. The summed E-state index contributed by atoms with van der Waals surface area (Å²) in [7, 11) is 3.69. The molecule has 0 saturated heterocycles. The molecule has 8 rings (SSSR count). The SMILES string of the molecule is Bc1c(B)c(N2c3ccc(C(C)(C)C)cc3B3c4sc5ccc(C(C)(C)C)cc5c4N(c4ccc(C(C)(C)C)cc4)c4cc(C)cc2c43)c(O)c(O)c1O. The molecule has 9 heteroatoms. The average Bonchev–Trinajstić information content (AvgIpc) is 3.48. The van der Waals surface area contributed by atoms with Gasteiger partial charge in [-0.05, 0) is 104 Å². The molecule has 0 aliphatic carbocycles. The van der Waals surface area contributed by atoms with Gasteiger partial charge in [-0.1, -0.05) is 98.1 Å². The monoisotopic (exact) mass is 730 g/mol. The van der Waals surface area contributed by atoms with Crippen LogP contribution in [0.3, 0.4) is 0 Å². The first-order valence-electron chi connectivity index (χ1n) is 19.0. The Labute approximate surface area is 326 Å². The molecule has 3 N–H and O–H groups in total. The number of aryl methyl sites for hydroxylation is 1. The van der Waals surface area contributed by atoms with Gasteiger partial charge >= 0.3 is 0 Å². The number of hydrogen-bond donors (Lipinski definition) is 3. The maximum Gasteiger partial charge on any atom is 0.264 e. The predicted molar refractivity (Wildman–Crippen MR) is 238 cm³/mol. The van der Waals surface area contributed by atoms with Gasteiger partial charge in [-0.25, -0.2) is 0 Å². The van der Waals surface area contributed by atoms with Crippen molar-refractivity contribution in [3.05, 3.63) is 95.1 Å². The van der Waals surface area contributed by atoms with E-state index in [1.54, 1.807) is 7.85 Å². The number of phenols is 3. The summed E-state index contributed by atoms with van der Waals surface area (Å²) in [5.41, 5.74) is 14.1. The Morgan fingerprint density at radius 3 is 1.74 bits per heavy atom. The van der Waals surface area contributed by atoms with Crippen LogP contribution in [-0.4, -0.2) is 37.7 Å². The molecule has 0 unspecified atom stereocenters. The van der Waals surface area contributed by atoms with Gasteiger partial charge in [0.15, 0.2) is 11.5 Å². The standard InChI is InChI=1S/C45H49B3N2O3S/c1-23-19-31-36-32(20-23)50(38-34(46)35(47)39(51)41(53)40(38)52)30-17-13-26(45(8,9)10)22-29(30)48(36)42-37(28-21-25(44(5,6)7)14-18-33(28)54-42)49(31)27-15-11-24(12-16-27)43(2,3)4/h11-22,51-53H,46-47H2,1-10H3. The van der Waals surface area contributed by atoms with Crippen LogP contribution in [0, 0.1) is 6.92 Å². The fourth-order valence-corrected chi connectivity index (χ4v) is 9.68. The summed E-state index contributed by atoms with van der Waals surface area (Å²) < 4.78 is 2.53. The van der Waals surface area contributed by atoms with E-state index >= 15 is 0 Å². The van der Waals surface area contributed by atoms with Crippen molar-refractivity contribution in [1.82, 2.24) is 0 Å². The highest BCUT2D eigenvalue weighted by Crippen LogP contribution is 2.51. The first-order valence-corrected chi connectivity index (χ1v) is 19.8.